The maximum Gasteiger partial charge on any atom is 0.193 e. The highest BCUT2D eigenvalue weighted by atomic mass is 16.3. The lowest BCUT2D eigenvalue weighted by Gasteiger charge is -2.05. The second-order valence-electron chi connectivity index (χ2n) is 3.85. The normalized spacial score (nSPS) is 10.2. The average Bonchev–Trinajstić information content (AvgIpc) is 2.32. The molecule has 3 heteroatoms. The molecule has 0 saturated heterocycles. The van der Waals surface area contributed by atoms with Crippen LogP contribution in [0.2, 0.25) is 0 Å². The first kappa shape index (κ1) is 11.2. The first-order valence-corrected chi connectivity index (χ1v) is 5.22. The zero-order chi connectivity index (χ0) is 12.4. The molecule has 0 saturated carbocycles. The van der Waals surface area contributed by atoms with Gasteiger partial charge in [0, 0.05) is 11.1 Å². The van der Waals surface area contributed by atoms with E-state index >= 15 is 0 Å². The Bertz CT molecular complexity index is 573. The van der Waals surface area contributed by atoms with E-state index in [1.54, 1.807) is 12.1 Å². The molecule has 2 N–H and O–H groups in total. The summed E-state index contributed by atoms with van der Waals surface area (Å²) in [6.45, 7) is 1.85. The van der Waals surface area contributed by atoms with E-state index in [0.717, 1.165) is 5.56 Å². The van der Waals surface area contributed by atoms with Gasteiger partial charge >= 0.3 is 0 Å². The van der Waals surface area contributed by atoms with Gasteiger partial charge in [0.05, 0.1) is 0 Å². The molecule has 2 aromatic rings. The van der Waals surface area contributed by atoms with Crippen LogP contribution in [0.4, 0.5) is 0 Å². The number of rotatable bonds is 2. The molecular formula is C14H12O3. The summed E-state index contributed by atoms with van der Waals surface area (Å²) >= 11 is 0. The van der Waals surface area contributed by atoms with Crippen LogP contribution in [0.1, 0.15) is 21.5 Å². The zero-order valence-electron chi connectivity index (χ0n) is 9.34. The Labute approximate surface area is 99.0 Å². The van der Waals surface area contributed by atoms with E-state index in [1.807, 2.05) is 19.1 Å². The molecule has 0 unspecified atom stereocenters. The van der Waals surface area contributed by atoms with E-state index in [2.05, 4.69) is 0 Å². The molecule has 0 radical (unpaired) electrons. The van der Waals surface area contributed by atoms with Crippen molar-refractivity contribution in [2.24, 2.45) is 0 Å². The third-order valence-corrected chi connectivity index (χ3v) is 2.63. The summed E-state index contributed by atoms with van der Waals surface area (Å²) in [4.78, 5) is 12.1. The van der Waals surface area contributed by atoms with Gasteiger partial charge in [0.2, 0.25) is 0 Å². The quantitative estimate of drug-likeness (QED) is 0.613. The smallest absolute Gasteiger partial charge is 0.193 e. The number of ketones is 1. The summed E-state index contributed by atoms with van der Waals surface area (Å²) in [5.74, 6) is -0.686. The van der Waals surface area contributed by atoms with E-state index in [1.165, 1.54) is 18.2 Å². The lowest BCUT2D eigenvalue weighted by molar-refractivity contribution is 0.103. The molecule has 0 atom stereocenters. The van der Waals surface area contributed by atoms with Crippen molar-refractivity contribution in [1.29, 1.82) is 0 Å². The summed E-state index contributed by atoms with van der Waals surface area (Å²) in [7, 11) is 0. The largest absolute Gasteiger partial charge is 0.504 e. The molecule has 0 aromatic heterocycles. The van der Waals surface area contributed by atoms with Gasteiger partial charge in [-0.2, -0.15) is 0 Å². The molecule has 86 valence electrons. The molecule has 0 aliphatic heterocycles. The van der Waals surface area contributed by atoms with Crippen LogP contribution in [-0.4, -0.2) is 16.0 Å². The van der Waals surface area contributed by atoms with Gasteiger partial charge in [-0.25, -0.2) is 0 Å². The first-order chi connectivity index (χ1) is 8.09. The number of aromatic hydroxyl groups is 2. The average molecular weight is 228 g/mol. The Balaban J connectivity index is 2.44. The van der Waals surface area contributed by atoms with Crippen LogP contribution in [-0.2, 0) is 0 Å². The Hall–Kier alpha value is -2.29. The zero-order valence-corrected chi connectivity index (χ0v) is 9.34. The molecular weight excluding hydrogens is 216 g/mol. The second-order valence-corrected chi connectivity index (χ2v) is 3.85. The molecule has 17 heavy (non-hydrogen) atoms. The molecule has 0 aliphatic rings. The molecule has 0 spiro atoms. The maximum absolute atomic E-state index is 12.1. The van der Waals surface area contributed by atoms with Gasteiger partial charge in [0.1, 0.15) is 0 Å². The Kier molecular flexibility index (Phi) is 2.83. The summed E-state index contributed by atoms with van der Waals surface area (Å²) in [5, 5.41) is 18.6. The van der Waals surface area contributed by atoms with Gasteiger partial charge in [-0.1, -0.05) is 24.3 Å². The second kappa shape index (κ2) is 4.29. The van der Waals surface area contributed by atoms with Crippen molar-refractivity contribution in [3.63, 3.8) is 0 Å². The van der Waals surface area contributed by atoms with Crippen molar-refractivity contribution in [3.05, 3.63) is 59.2 Å². The van der Waals surface area contributed by atoms with Crippen LogP contribution in [0.25, 0.3) is 0 Å². The highest BCUT2D eigenvalue weighted by Crippen LogP contribution is 2.26. The summed E-state index contributed by atoms with van der Waals surface area (Å²) < 4.78 is 0. The Morgan fingerprint density at radius 1 is 1.00 bits per heavy atom. The van der Waals surface area contributed by atoms with Crippen LogP contribution >= 0.6 is 0 Å². The highest BCUT2D eigenvalue weighted by Gasteiger charge is 2.12. The van der Waals surface area contributed by atoms with Crippen LogP contribution in [0.15, 0.2) is 42.5 Å². The van der Waals surface area contributed by atoms with Crippen molar-refractivity contribution < 1.29 is 15.0 Å². The van der Waals surface area contributed by atoms with Gasteiger partial charge in [-0.15, -0.1) is 0 Å². The van der Waals surface area contributed by atoms with E-state index in [0.29, 0.717) is 11.1 Å². The number of phenolic OH excluding ortho intramolecular Hbond substituents is 2. The number of carbonyl (C=O) groups excluding carboxylic acids is 1. The Morgan fingerprint density at radius 3 is 2.35 bits per heavy atom. The molecule has 0 amide bonds. The SMILES string of the molecule is Cc1ccccc1C(=O)c1ccc(O)c(O)c1. The first-order valence-electron chi connectivity index (χ1n) is 5.22. The van der Waals surface area contributed by atoms with E-state index < -0.39 is 0 Å². The molecule has 0 aliphatic carbocycles. The van der Waals surface area contributed by atoms with Crippen molar-refractivity contribution in [2.45, 2.75) is 6.92 Å². The lowest BCUT2D eigenvalue weighted by Crippen LogP contribution is -2.03. The van der Waals surface area contributed by atoms with Gasteiger partial charge in [0.15, 0.2) is 17.3 Å². The van der Waals surface area contributed by atoms with E-state index in [-0.39, 0.29) is 17.3 Å². The fourth-order valence-electron chi connectivity index (χ4n) is 1.65. The summed E-state index contributed by atoms with van der Waals surface area (Å²) in [6, 6.07) is 11.3. The predicted molar refractivity (Wildman–Crippen MR) is 64.4 cm³/mol. The standard InChI is InChI=1S/C14H12O3/c1-9-4-2-3-5-11(9)14(17)10-6-7-12(15)13(16)8-10/h2-8,15-16H,1H3. The minimum absolute atomic E-state index is 0.168. The fraction of sp³-hybridized carbons (Fsp3) is 0.0714. The van der Waals surface area contributed by atoms with Crippen LogP contribution in [0.3, 0.4) is 0 Å². The minimum Gasteiger partial charge on any atom is -0.504 e. The number of carbonyl (C=O) groups is 1. The van der Waals surface area contributed by atoms with Gasteiger partial charge in [-0.05, 0) is 30.7 Å². The van der Waals surface area contributed by atoms with Crippen LogP contribution < -0.4 is 0 Å². The molecule has 3 nitrogen and oxygen atoms in total. The number of aryl methyl sites for hydroxylation is 1. The number of benzene rings is 2. The maximum atomic E-state index is 12.1. The molecule has 0 fully saturated rings. The van der Waals surface area contributed by atoms with Crippen LogP contribution in [0, 0.1) is 6.92 Å². The van der Waals surface area contributed by atoms with Gasteiger partial charge < -0.3 is 10.2 Å². The highest BCUT2D eigenvalue weighted by molar-refractivity contribution is 6.10. The number of hydrogen-bond donors (Lipinski definition) is 2. The van der Waals surface area contributed by atoms with E-state index in [4.69, 9.17) is 0 Å². The molecule has 2 rings (SSSR count). The van der Waals surface area contributed by atoms with Gasteiger partial charge in [-0.3, -0.25) is 4.79 Å². The van der Waals surface area contributed by atoms with Gasteiger partial charge in [0.25, 0.3) is 0 Å². The number of hydrogen-bond acceptors (Lipinski definition) is 3. The topological polar surface area (TPSA) is 57.5 Å². The van der Waals surface area contributed by atoms with Crippen molar-refractivity contribution in [1.82, 2.24) is 0 Å². The molecule has 2 aromatic carbocycles. The third-order valence-electron chi connectivity index (χ3n) is 2.63. The predicted octanol–water partition coefficient (Wildman–Crippen LogP) is 2.64. The Morgan fingerprint density at radius 2 is 1.71 bits per heavy atom. The lowest BCUT2D eigenvalue weighted by atomic mass is 9.99. The van der Waals surface area contributed by atoms with Crippen LogP contribution in [0.5, 0.6) is 11.5 Å². The summed E-state index contributed by atoms with van der Waals surface area (Å²) in [6.07, 6.45) is 0. The summed E-state index contributed by atoms with van der Waals surface area (Å²) in [5.41, 5.74) is 1.83. The monoisotopic (exact) mass is 228 g/mol. The van der Waals surface area contributed by atoms with Crippen molar-refractivity contribution in [3.8, 4) is 11.5 Å². The van der Waals surface area contributed by atoms with Crippen molar-refractivity contribution >= 4 is 5.78 Å². The third kappa shape index (κ3) is 2.13. The van der Waals surface area contributed by atoms with Crippen molar-refractivity contribution in [2.75, 3.05) is 0 Å². The number of phenols is 2. The minimum atomic E-state index is -0.288. The van der Waals surface area contributed by atoms with E-state index in [9.17, 15) is 15.0 Å². The molecule has 0 bridgehead atoms. The molecule has 0 heterocycles. The fourth-order valence-corrected chi connectivity index (χ4v) is 1.65.